The lowest BCUT2D eigenvalue weighted by atomic mass is 10.2. The lowest BCUT2D eigenvalue weighted by Gasteiger charge is -2.12. The third-order valence-electron chi connectivity index (χ3n) is 2.75. The number of benzene rings is 2. The molecule has 1 aliphatic rings. The zero-order chi connectivity index (χ0) is 14.1. The molecule has 1 aliphatic heterocycles. The van der Waals surface area contributed by atoms with E-state index in [1.807, 2.05) is 0 Å². The summed E-state index contributed by atoms with van der Waals surface area (Å²) < 4.78 is 29.2. The summed E-state index contributed by atoms with van der Waals surface area (Å²) in [6, 6.07) is 8.44. The van der Waals surface area contributed by atoms with Gasteiger partial charge >= 0.3 is 0 Å². The van der Waals surface area contributed by atoms with Gasteiger partial charge in [0.05, 0.1) is 11.5 Å². The monoisotopic (exact) mass is 275 g/mol. The Hall–Kier alpha value is -2.76. The van der Waals surface area contributed by atoms with E-state index in [1.54, 1.807) is 12.1 Å². The number of carboxylic acid groups (broad SMARTS) is 1. The Morgan fingerprint density at radius 1 is 1.20 bits per heavy atom. The van der Waals surface area contributed by atoms with E-state index in [2.05, 4.69) is 0 Å². The molecule has 0 N–H and O–H groups in total. The van der Waals surface area contributed by atoms with Gasteiger partial charge in [-0.3, -0.25) is 0 Å². The zero-order valence-corrected chi connectivity index (χ0v) is 10.1. The number of hydrogen-bond donors (Lipinski definition) is 0. The molecule has 0 saturated carbocycles. The minimum Gasteiger partial charge on any atom is -0.545 e. The van der Waals surface area contributed by atoms with Crippen molar-refractivity contribution in [2.24, 2.45) is 0 Å². The Labute approximate surface area is 113 Å². The number of fused-ring (bicyclic) bond motifs is 1. The first kappa shape index (κ1) is 12.3. The third kappa shape index (κ3) is 2.11. The number of halogens is 1. The fourth-order valence-corrected chi connectivity index (χ4v) is 1.85. The van der Waals surface area contributed by atoms with Gasteiger partial charge in [-0.1, -0.05) is 6.07 Å². The minimum absolute atomic E-state index is 0.114. The van der Waals surface area contributed by atoms with Crippen LogP contribution in [0.1, 0.15) is 10.4 Å². The van der Waals surface area contributed by atoms with Gasteiger partial charge in [-0.05, 0) is 24.3 Å². The summed E-state index contributed by atoms with van der Waals surface area (Å²) in [5, 5.41) is 10.9. The molecule has 3 rings (SSSR count). The van der Waals surface area contributed by atoms with Gasteiger partial charge in [-0.25, -0.2) is 4.39 Å². The van der Waals surface area contributed by atoms with E-state index in [0.29, 0.717) is 17.2 Å². The fourth-order valence-electron chi connectivity index (χ4n) is 1.85. The van der Waals surface area contributed by atoms with E-state index in [1.165, 1.54) is 18.2 Å². The molecular formula is C14H8FO5-. The second-order valence-electron chi connectivity index (χ2n) is 4.02. The quantitative estimate of drug-likeness (QED) is 0.853. The van der Waals surface area contributed by atoms with Crippen LogP contribution < -0.4 is 19.3 Å². The molecule has 0 spiro atoms. The summed E-state index contributed by atoms with van der Waals surface area (Å²) in [5.74, 6) is -1.33. The molecule has 0 saturated heterocycles. The summed E-state index contributed by atoms with van der Waals surface area (Å²) in [5.41, 5.74) is -0.620. The van der Waals surface area contributed by atoms with Gasteiger partial charge in [-0.2, -0.15) is 0 Å². The van der Waals surface area contributed by atoms with Crippen LogP contribution in [0.3, 0.4) is 0 Å². The maximum absolute atomic E-state index is 13.5. The van der Waals surface area contributed by atoms with Gasteiger partial charge in [0.25, 0.3) is 0 Å². The van der Waals surface area contributed by atoms with Gasteiger partial charge in [0.15, 0.2) is 11.5 Å². The number of carbonyl (C=O) groups is 1. The molecule has 5 nitrogen and oxygen atoms in total. The molecule has 6 heteroatoms. The number of rotatable bonds is 3. The summed E-state index contributed by atoms with van der Waals surface area (Å²) in [4.78, 5) is 10.9. The van der Waals surface area contributed by atoms with Crippen LogP contribution in [0.25, 0.3) is 0 Å². The smallest absolute Gasteiger partial charge is 0.231 e. The highest BCUT2D eigenvalue weighted by atomic mass is 19.1. The fraction of sp³-hybridized carbons (Fsp3) is 0.0714. The van der Waals surface area contributed by atoms with Crippen LogP contribution in [0.4, 0.5) is 4.39 Å². The molecule has 0 unspecified atom stereocenters. The molecule has 20 heavy (non-hydrogen) atoms. The van der Waals surface area contributed by atoms with Crippen molar-refractivity contribution in [3.8, 4) is 23.0 Å². The third-order valence-corrected chi connectivity index (χ3v) is 2.75. The normalized spacial score (nSPS) is 12.2. The summed E-state index contributed by atoms with van der Waals surface area (Å²) >= 11 is 0. The van der Waals surface area contributed by atoms with Crippen molar-refractivity contribution in [2.75, 3.05) is 6.79 Å². The molecular weight excluding hydrogens is 267 g/mol. The minimum atomic E-state index is -1.64. The first-order valence-corrected chi connectivity index (χ1v) is 5.72. The van der Waals surface area contributed by atoms with Gasteiger partial charge in [0.2, 0.25) is 6.79 Å². The van der Waals surface area contributed by atoms with E-state index >= 15 is 0 Å². The summed E-state index contributed by atoms with van der Waals surface area (Å²) in [6.45, 7) is 0.114. The lowest BCUT2D eigenvalue weighted by Crippen LogP contribution is -2.24. The highest BCUT2D eigenvalue weighted by Crippen LogP contribution is 2.37. The van der Waals surface area contributed by atoms with Crippen LogP contribution in [0.15, 0.2) is 36.4 Å². The van der Waals surface area contributed by atoms with Crippen LogP contribution >= 0.6 is 0 Å². The molecule has 0 atom stereocenters. The molecule has 1 heterocycles. The predicted octanol–water partition coefficient (Wildman–Crippen LogP) is 1.71. The van der Waals surface area contributed by atoms with E-state index in [9.17, 15) is 14.3 Å². The van der Waals surface area contributed by atoms with Gasteiger partial charge in [0.1, 0.15) is 17.3 Å². The average molecular weight is 275 g/mol. The van der Waals surface area contributed by atoms with E-state index < -0.39 is 17.3 Å². The summed E-state index contributed by atoms with van der Waals surface area (Å²) in [7, 11) is 0. The van der Waals surface area contributed by atoms with Crippen LogP contribution in [-0.2, 0) is 0 Å². The van der Waals surface area contributed by atoms with Crippen molar-refractivity contribution in [1.29, 1.82) is 0 Å². The molecule has 2 aromatic carbocycles. The summed E-state index contributed by atoms with van der Waals surface area (Å²) in [6.07, 6.45) is 0. The molecule has 0 amide bonds. The molecule has 0 aliphatic carbocycles. The Morgan fingerprint density at radius 2 is 2.00 bits per heavy atom. The van der Waals surface area contributed by atoms with Crippen LogP contribution in [0, 0.1) is 5.82 Å². The van der Waals surface area contributed by atoms with Crippen molar-refractivity contribution >= 4 is 5.97 Å². The Morgan fingerprint density at radius 3 is 2.80 bits per heavy atom. The van der Waals surface area contributed by atoms with Crippen molar-refractivity contribution in [1.82, 2.24) is 0 Å². The second kappa shape index (κ2) is 4.73. The van der Waals surface area contributed by atoms with Gasteiger partial charge in [-0.15, -0.1) is 0 Å². The van der Waals surface area contributed by atoms with Crippen molar-refractivity contribution in [3.63, 3.8) is 0 Å². The largest absolute Gasteiger partial charge is 0.545 e. The maximum atomic E-state index is 13.5. The first-order chi connectivity index (χ1) is 9.65. The highest BCUT2D eigenvalue weighted by Gasteiger charge is 2.16. The topological polar surface area (TPSA) is 67.8 Å². The maximum Gasteiger partial charge on any atom is 0.231 e. The average Bonchev–Trinajstić information content (AvgIpc) is 2.85. The lowest BCUT2D eigenvalue weighted by molar-refractivity contribution is -0.255. The van der Waals surface area contributed by atoms with Gasteiger partial charge < -0.3 is 24.1 Å². The Kier molecular flexibility index (Phi) is 2.90. The van der Waals surface area contributed by atoms with Crippen LogP contribution in [0.2, 0.25) is 0 Å². The van der Waals surface area contributed by atoms with Crippen molar-refractivity contribution < 1.29 is 28.5 Å². The van der Waals surface area contributed by atoms with E-state index in [-0.39, 0.29) is 12.5 Å². The van der Waals surface area contributed by atoms with Crippen molar-refractivity contribution in [2.45, 2.75) is 0 Å². The van der Waals surface area contributed by atoms with Crippen LogP contribution in [-0.4, -0.2) is 12.8 Å². The number of carbonyl (C=O) groups excluding carboxylic acids is 1. The standard InChI is InChI=1S/C14H9FO5/c15-9-2-1-3-11(13(9)14(16)17)20-8-4-5-10-12(6-8)19-7-18-10/h1-6H,7H2,(H,16,17)/p-1. The van der Waals surface area contributed by atoms with Gasteiger partial charge in [0, 0.05) is 6.07 Å². The molecule has 0 aromatic heterocycles. The first-order valence-electron chi connectivity index (χ1n) is 5.72. The SMILES string of the molecule is O=C([O-])c1c(F)cccc1Oc1ccc2c(c1)OCO2. The number of ether oxygens (including phenoxy) is 3. The Bertz CT molecular complexity index is 683. The molecule has 0 radical (unpaired) electrons. The number of carboxylic acids is 1. The van der Waals surface area contributed by atoms with Crippen LogP contribution in [0.5, 0.6) is 23.0 Å². The number of hydrogen-bond acceptors (Lipinski definition) is 5. The zero-order valence-electron chi connectivity index (χ0n) is 10.1. The van der Waals surface area contributed by atoms with E-state index in [0.717, 1.165) is 6.07 Å². The Balaban J connectivity index is 1.95. The number of aromatic carboxylic acids is 1. The second-order valence-corrected chi connectivity index (χ2v) is 4.02. The highest BCUT2D eigenvalue weighted by molar-refractivity contribution is 5.89. The van der Waals surface area contributed by atoms with E-state index in [4.69, 9.17) is 14.2 Å². The molecule has 0 fully saturated rings. The molecule has 102 valence electrons. The predicted molar refractivity (Wildman–Crippen MR) is 63.4 cm³/mol. The molecule has 2 aromatic rings. The van der Waals surface area contributed by atoms with Crippen molar-refractivity contribution in [3.05, 3.63) is 47.8 Å². The molecule has 0 bridgehead atoms.